The van der Waals surface area contributed by atoms with Gasteiger partial charge in [-0.05, 0) is 59.2 Å². The number of aldehydes is 1. The normalized spacial score (nSPS) is 15.5. The third kappa shape index (κ3) is 10.3. The van der Waals surface area contributed by atoms with Gasteiger partial charge in [-0.3, -0.25) is 4.79 Å². The van der Waals surface area contributed by atoms with Crippen molar-refractivity contribution in [2.75, 3.05) is 6.61 Å². The van der Waals surface area contributed by atoms with Crippen LogP contribution in [0.25, 0.3) is 0 Å². The minimum Gasteiger partial charge on any atom is -0.463 e. The van der Waals surface area contributed by atoms with Gasteiger partial charge >= 0.3 is 17.9 Å². The molecule has 0 saturated heterocycles. The number of carbonyl (C=O) groups excluding carboxylic acids is 4. The van der Waals surface area contributed by atoms with E-state index in [9.17, 15) is 19.2 Å². The maximum absolute atomic E-state index is 13.4. The monoisotopic (exact) mass is 514 g/mol. The lowest BCUT2D eigenvalue weighted by molar-refractivity contribution is -0.154. The van der Waals surface area contributed by atoms with E-state index in [1.54, 1.807) is 41.5 Å². The summed E-state index contributed by atoms with van der Waals surface area (Å²) in [6.07, 6.45) is -1.30. The Kier molecular flexibility index (Phi) is 13.7. The van der Waals surface area contributed by atoms with E-state index >= 15 is 0 Å². The molecule has 0 saturated carbocycles. The molecule has 202 valence electrons. The van der Waals surface area contributed by atoms with Gasteiger partial charge in [0, 0.05) is 11.5 Å². The van der Waals surface area contributed by atoms with Crippen LogP contribution in [-0.2, 0) is 37.8 Å². The number of ether oxygens (including phenoxy) is 3. The summed E-state index contributed by atoms with van der Waals surface area (Å²) in [7, 11) is -2.44. The lowest BCUT2D eigenvalue weighted by atomic mass is 10.0. The quantitative estimate of drug-likeness (QED) is 0.103. The second-order valence-corrected chi connectivity index (χ2v) is 15.1. The van der Waals surface area contributed by atoms with Crippen LogP contribution in [0.3, 0.4) is 0 Å². The van der Waals surface area contributed by atoms with E-state index in [2.05, 4.69) is 13.8 Å². The van der Waals surface area contributed by atoms with Crippen LogP contribution in [0.5, 0.6) is 0 Å². The summed E-state index contributed by atoms with van der Waals surface area (Å²) in [5.74, 6) is -2.54. The maximum atomic E-state index is 13.4. The second kappa shape index (κ2) is 14.5. The first-order chi connectivity index (χ1) is 16.1. The van der Waals surface area contributed by atoms with E-state index in [0.717, 1.165) is 12.1 Å². The smallest absolute Gasteiger partial charge is 0.337 e. The molecule has 0 radical (unpaired) electrons. The van der Waals surface area contributed by atoms with Gasteiger partial charge in [0.1, 0.15) is 18.0 Å². The summed E-state index contributed by atoms with van der Waals surface area (Å²) in [5, 5.41) is 0. The lowest BCUT2D eigenvalue weighted by Crippen LogP contribution is -2.46. The molecule has 0 heterocycles. The zero-order chi connectivity index (χ0) is 27.6. The molecule has 0 fully saturated rings. The Hall–Kier alpha value is -2.00. The van der Waals surface area contributed by atoms with Crippen LogP contribution in [0.1, 0.15) is 82.6 Å². The number of carbonyl (C=O) groups is 4. The van der Waals surface area contributed by atoms with Crippen LogP contribution in [0.2, 0.25) is 17.6 Å². The van der Waals surface area contributed by atoms with Gasteiger partial charge in [0.05, 0.1) is 24.7 Å². The molecule has 0 amide bonds. The molecule has 0 aromatic heterocycles. The molecular formula is C26H46O8Si. The number of hydrogen-bond donors (Lipinski definition) is 0. The first-order valence-corrected chi connectivity index (χ1v) is 14.9. The molecule has 9 heteroatoms. The molecule has 0 unspecified atom stereocenters. The SMILES string of the molecule is CCOC(=O)/C(C)=C(\C(=O)OC(C)(C)C)[C@@H](CC(=O)O[C@H](C)[C@@H](C)C=O)O[Si](CC)(CC)C(C)C. The molecule has 0 aromatic carbocycles. The van der Waals surface area contributed by atoms with Gasteiger partial charge in [-0.25, -0.2) is 9.59 Å². The molecule has 35 heavy (non-hydrogen) atoms. The van der Waals surface area contributed by atoms with Crippen LogP contribution < -0.4 is 0 Å². The standard InChI is InChI=1S/C26H46O8Si/c1-12-31-24(29)19(7)23(25(30)33-26(9,10)11)21(34-35(13-2,14-3)17(4)5)15-22(28)32-20(8)18(6)16-27/h16-18,20-21H,12-15H2,1-11H3/b23-19-/t18-,20+,21+/m0/s1. The Bertz CT molecular complexity index is 762. The van der Waals surface area contributed by atoms with Crippen LogP contribution >= 0.6 is 0 Å². The Morgan fingerprint density at radius 1 is 0.943 bits per heavy atom. The van der Waals surface area contributed by atoms with Gasteiger partial charge < -0.3 is 23.4 Å². The highest BCUT2D eigenvalue weighted by Gasteiger charge is 2.42. The third-order valence-electron chi connectivity index (χ3n) is 6.18. The predicted octanol–water partition coefficient (Wildman–Crippen LogP) is 5.15. The van der Waals surface area contributed by atoms with Gasteiger partial charge in [-0.1, -0.05) is 34.6 Å². The van der Waals surface area contributed by atoms with Crippen LogP contribution in [-0.4, -0.2) is 56.9 Å². The number of hydrogen-bond acceptors (Lipinski definition) is 8. The van der Waals surface area contributed by atoms with E-state index in [1.807, 2.05) is 13.8 Å². The molecule has 3 atom stereocenters. The van der Waals surface area contributed by atoms with Crippen molar-refractivity contribution in [3.8, 4) is 0 Å². The summed E-state index contributed by atoms with van der Waals surface area (Å²) in [5.41, 5.74) is -0.649. The van der Waals surface area contributed by atoms with Crippen molar-refractivity contribution in [2.24, 2.45) is 5.92 Å². The van der Waals surface area contributed by atoms with Crippen LogP contribution in [0.15, 0.2) is 11.1 Å². The Morgan fingerprint density at radius 2 is 1.49 bits per heavy atom. The van der Waals surface area contributed by atoms with Gasteiger partial charge in [-0.15, -0.1) is 0 Å². The fourth-order valence-corrected chi connectivity index (χ4v) is 7.19. The van der Waals surface area contributed by atoms with Crippen molar-refractivity contribution in [3.05, 3.63) is 11.1 Å². The van der Waals surface area contributed by atoms with Crippen molar-refractivity contribution in [3.63, 3.8) is 0 Å². The molecule has 0 aliphatic rings. The fraction of sp³-hybridized carbons (Fsp3) is 0.769. The molecule has 0 aromatic rings. The lowest BCUT2D eigenvalue weighted by Gasteiger charge is -2.38. The highest BCUT2D eigenvalue weighted by atomic mass is 28.4. The van der Waals surface area contributed by atoms with E-state index < -0.39 is 50.0 Å². The van der Waals surface area contributed by atoms with E-state index in [4.69, 9.17) is 18.6 Å². The molecule has 0 rings (SSSR count). The number of esters is 3. The average molecular weight is 515 g/mol. The molecule has 0 aliphatic carbocycles. The molecule has 0 N–H and O–H groups in total. The van der Waals surface area contributed by atoms with Crippen molar-refractivity contribution in [1.29, 1.82) is 0 Å². The van der Waals surface area contributed by atoms with E-state index in [1.165, 1.54) is 6.92 Å². The topological polar surface area (TPSA) is 105 Å². The molecule has 0 bridgehead atoms. The van der Waals surface area contributed by atoms with Gasteiger partial charge in [-0.2, -0.15) is 0 Å². The zero-order valence-electron chi connectivity index (χ0n) is 23.5. The molecular weight excluding hydrogens is 468 g/mol. The van der Waals surface area contributed by atoms with E-state index in [-0.39, 0.29) is 29.7 Å². The van der Waals surface area contributed by atoms with Crippen molar-refractivity contribution < 1.29 is 37.8 Å². The summed E-state index contributed by atoms with van der Waals surface area (Å²) >= 11 is 0. The van der Waals surface area contributed by atoms with Crippen LogP contribution in [0.4, 0.5) is 0 Å². The summed E-state index contributed by atoms with van der Waals surface area (Å²) in [6.45, 7) is 19.9. The predicted molar refractivity (Wildman–Crippen MR) is 137 cm³/mol. The van der Waals surface area contributed by atoms with Crippen molar-refractivity contribution in [1.82, 2.24) is 0 Å². The Labute approximate surface area is 212 Å². The average Bonchev–Trinajstić information content (AvgIpc) is 2.75. The first-order valence-electron chi connectivity index (χ1n) is 12.5. The maximum Gasteiger partial charge on any atom is 0.337 e. The Balaban J connectivity index is 6.69. The fourth-order valence-electron chi connectivity index (χ4n) is 3.69. The van der Waals surface area contributed by atoms with Gasteiger partial charge in [0.25, 0.3) is 0 Å². The highest BCUT2D eigenvalue weighted by molar-refractivity contribution is 6.75. The molecule has 8 nitrogen and oxygen atoms in total. The summed E-state index contributed by atoms with van der Waals surface area (Å²) in [6, 6.07) is 1.51. The Morgan fingerprint density at radius 3 is 1.89 bits per heavy atom. The van der Waals surface area contributed by atoms with Crippen molar-refractivity contribution in [2.45, 2.75) is 118 Å². The third-order valence-corrected chi connectivity index (χ3v) is 11.4. The van der Waals surface area contributed by atoms with E-state index in [0.29, 0.717) is 6.29 Å². The van der Waals surface area contributed by atoms with Crippen molar-refractivity contribution >= 4 is 32.5 Å². The number of rotatable bonds is 14. The second-order valence-electron chi connectivity index (χ2n) is 10.2. The first kappa shape index (κ1) is 33.0. The molecule has 0 spiro atoms. The highest BCUT2D eigenvalue weighted by Crippen LogP contribution is 2.35. The van der Waals surface area contributed by atoms with Crippen LogP contribution in [0, 0.1) is 5.92 Å². The van der Waals surface area contributed by atoms with Gasteiger partial charge in [0.15, 0.2) is 8.32 Å². The summed E-state index contributed by atoms with van der Waals surface area (Å²) in [4.78, 5) is 50.2. The zero-order valence-corrected chi connectivity index (χ0v) is 24.5. The minimum atomic E-state index is -2.44. The largest absolute Gasteiger partial charge is 0.463 e. The summed E-state index contributed by atoms with van der Waals surface area (Å²) < 4.78 is 22.9. The molecule has 0 aliphatic heterocycles. The van der Waals surface area contributed by atoms with Gasteiger partial charge in [0.2, 0.25) is 0 Å². The minimum absolute atomic E-state index is 0.0343.